The minimum Gasteiger partial charge on any atom is -0.464 e. The summed E-state index contributed by atoms with van der Waals surface area (Å²) in [6.45, 7) is 8.00. The monoisotopic (exact) mass is 270 g/mol. The fourth-order valence-electron chi connectivity index (χ4n) is 1.82. The van der Waals surface area contributed by atoms with Crippen molar-refractivity contribution in [2.24, 2.45) is 0 Å². The molecule has 0 radical (unpaired) electrons. The summed E-state index contributed by atoms with van der Waals surface area (Å²) >= 11 is 0. The number of aromatic nitrogens is 3. The first-order valence-electron chi connectivity index (χ1n) is 6.39. The Kier molecular flexibility index (Phi) is 6.44. The van der Waals surface area contributed by atoms with E-state index < -0.39 is 5.97 Å². The summed E-state index contributed by atoms with van der Waals surface area (Å²) in [5.41, 5.74) is 0.880. The molecular weight excluding hydrogens is 248 g/mol. The van der Waals surface area contributed by atoms with Crippen molar-refractivity contribution in [3.05, 3.63) is 11.4 Å². The maximum absolute atomic E-state index is 11.6. The summed E-state index contributed by atoms with van der Waals surface area (Å²) in [6.07, 6.45) is 0. The summed E-state index contributed by atoms with van der Waals surface area (Å²) < 4.78 is 11.5. The van der Waals surface area contributed by atoms with Gasteiger partial charge in [-0.05, 0) is 13.1 Å². The first-order valence-corrected chi connectivity index (χ1v) is 6.39. The SMILES string of the molecule is CCN(CC)CCn1nnc(C(=O)OC)c1COC. The Bertz CT molecular complexity index is 402. The van der Waals surface area contributed by atoms with Gasteiger partial charge in [0, 0.05) is 13.7 Å². The number of ether oxygens (including phenoxy) is 2. The summed E-state index contributed by atoms with van der Waals surface area (Å²) in [5, 5.41) is 7.88. The highest BCUT2D eigenvalue weighted by Gasteiger charge is 2.20. The molecule has 0 unspecified atom stereocenters. The molecule has 0 N–H and O–H groups in total. The van der Waals surface area contributed by atoms with Crippen LogP contribution in [0.1, 0.15) is 30.0 Å². The summed E-state index contributed by atoms with van der Waals surface area (Å²) in [7, 11) is 2.90. The van der Waals surface area contributed by atoms with Gasteiger partial charge in [0.15, 0.2) is 5.69 Å². The van der Waals surface area contributed by atoms with E-state index in [4.69, 9.17) is 4.74 Å². The molecule has 1 aromatic heterocycles. The van der Waals surface area contributed by atoms with Crippen molar-refractivity contribution < 1.29 is 14.3 Å². The van der Waals surface area contributed by atoms with E-state index in [-0.39, 0.29) is 12.3 Å². The van der Waals surface area contributed by atoms with E-state index >= 15 is 0 Å². The topological polar surface area (TPSA) is 69.5 Å². The highest BCUT2D eigenvalue weighted by atomic mass is 16.5. The minimum atomic E-state index is -0.485. The van der Waals surface area contributed by atoms with Crippen LogP contribution in [0.2, 0.25) is 0 Å². The Morgan fingerprint density at radius 1 is 1.32 bits per heavy atom. The van der Waals surface area contributed by atoms with Crippen LogP contribution in [0.3, 0.4) is 0 Å². The van der Waals surface area contributed by atoms with E-state index in [1.165, 1.54) is 7.11 Å². The number of methoxy groups -OCH3 is 2. The van der Waals surface area contributed by atoms with Crippen molar-refractivity contribution in [1.82, 2.24) is 19.9 Å². The van der Waals surface area contributed by atoms with Gasteiger partial charge in [-0.15, -0.1) is 5.10 Å². The lowest BCUT2D eigenvalue weighted by Gasteiger charge is -2.18. The standard InChI is InChI=1S/C12H22N4O3/c1-5-15(6-2)7-8-16-10(9-18-3)11(13-14-16)12(17)19-4/h5-9H2,1-4H3. The van der Waals surface area contributed by atoms with Gasteiger partial charge in [0.1, 0.15) is 0 Å². The lowest BCUT2D eigenvalue weighted by atomic mass is 10.3. The Morgan fingerprint density at radius 2 is 2.00 bits per heavy atom. The first-order chi connectivity index (χ1) is 9.17. The maximum atomic E-state index is 11.6. The number of rotatable bonds is 8. The molecule has 0 saturated carbocycles. The molecule has 7 heteroatoms. The molecule has 108 valence electrons. The lowest BCUT2D eigenvalue weighted by molar-refractivity contribution is 0.0588. The highest BCUT2D eigenvalue weighted by Crippen LogP contribution is 2.08. The molecule has 0 amide bonds. The predicted octanol–water partition coefficient (Wildman–Crippen LogP) is 0.553. The van der Waals surface area contributed by atoms with E-state index in [1.807, 2.05) is 0 Å². The third kappa shape index (κ3) is 4.00. The van der Waals surface area contributed by atoms with Crippen LogP contribution in [-0.4, -0.2) is 59.7 Å². The minimum absolute atomic E-state index is 0.226. The van der Waals surface area contributed by atoms with Gasteiger partial charge in [-0.2, -0.15) is 0 Å². The van der Waals surface area contributed by atoms with E-state index in [0.29, 0.717) is 12.2 Å². The maximum Gasteiger partial charge on any atom is 0.360 e. The van der Waals surface area contributed by atoms with Crippen molar-refractivity contribution in [2.75, 3.05) is 33.9 Å². The molecule has 19 heavy (non-hydrogen) atoms. The lowest BCUT2D eigenvalue weighted by Crippen LogP contribution is -2.28. The molecule has 0 saturated heterocycles. The van der Waals surface area contributed by atoms with Gasteiger partial charge in [-0.3, -0.25) is 0 Å². The zero-order valence-electron chi connectivity index (χ0n) is 12.0. The molecule has 0 aliphatic rings. The highest BCUT2D eigenvalue weighted by molar-refractivity contribution is 5.88. The molecule has 0 fully saturated rings. The Hall–Kier alpha value is -1.47. The van der Waals surface area contributed by atoms with Crippen molar-refractivity contribution in [3.8, 4) is 0 Å². The number of hydrogen-bond donors (Lipinski definition) is 0. The number of likely N-dealkylation sites (N-methyl/N-ethyl adjacent to an activating group) is 1. The van der Waals surface area contributed by atoms with Crippen molar-refractivity contribution in [3.63, 3.8) is 0 Å². The largest absolute Gasteiger partial charge is 0.464 e. The fraction of sp³-hybridized carbons (Fsp3) is 0.750. The average Bonchev–Trinajstić information content (AvgIpc) is 2.83. The average molecular weight is 270 g/mol. The number of hydrogen-bond acceptors (Lipinski definition) is 6. The molecule has 1 rings (SSSR count). The van der Waals surface area contributed by atoms with Gasteiger partial charge < -0.3 is 14.4 Å². The molecule has 0 aromatic carbocycles. The van der Waals surface area contributed by atoms with Gasteiger partial charge in [0.25, 0.3) is 0 Å². The summed E-state index contributed by atoms with van der Waals surface area (Å²) in [6, 6.07) is 0. The van der Waals surface area contributed by atoms with Crippen LogP contribution >= 0.6 is 0 Å². The molecule has 0 bridgehead atoms. The van der Waals surface area contributed by atoms with E-state index in [9.17, 15) is 4.79 Å². The zero-order valence-corrected chi connectivity index (χ0v) is 12.0. The number of carbonyl (C=O) groups excluding carboxylic acids is 1. The zero-order chi connectivity index (χ0) is 14.3. The normalized spacial score (nSPS) is 11.0. The molecule has 0 atom stereocenters. The molecule has 1 aromatic rings. The Morgan fingerprint density at radius 3 is 2.53 bits per heavy atom. The van der Waals surface area contributed by atoms with Gasteiger partial charge >= 0.3 is 5.97 Å². The van der Waals surface area contributed by atoms with Crippen LogP contribution in [0.15, 0.2) is 0 Å². The second-order valence-electron chi connectivity index (χ2n) is 4.06. The number of nitrogens with zero attached hydrogens (tertiary/aromatic N) is 4. The predicted molar refractivity (Wildman–Crippen MR) is 69.9 cm³/mol. The third-order valence-electron chi connectivity index (χ3n) is 3.02. The molecule has 0 aliphatic carbocycles. The van der Waals surface area contributed by atoms with Gasteiger partial charge in [-0.25, -0.2) is 9.48 Å². The van der Waals surface area contributed by atoms with Crippen LogP contribution in [0.25, 0.3) is 0 Å². The van der Waals surface area contributed by atoms with Crippen LogP contribution in [-0.2, 0) is 22.6 Å². The van der Waals surface area contributed by atoms with Crippen molar-refractivity contribution in [1.29, 1.82) is 0 Å². The molecule has 1 heterocycles. The van der Waals surface area contributed by atoms with E-state index in [1.54, 1.807) is 11.8 Å². The Labute approximate surface area is 113 Å². The third-order valence-corrected chi connectivity index (χ3v) is 3.02. The Balaban J connectivity index is 2.82. The second kappa shape index (κ2) is 7.85. The second-order valence-corrected chi connectivity index (χ2v) is 4.06. The van der Waals surface area contributed by atoms with E-state index in [2.05, 4.69) is 33.8 Å². The summed E-state index contributed by atoms with van der Waals surface area (Å²) in [4.78, 5) is 13.8. The van der Waals surface area contributed by atoms with Gasteiger partial charge in [0.2, 0.25) is 0 Å². The van der Waals surface area contributed by atoms with Crippen molar-refractivity contribution >= 4 is 5.97 Å². The summed E-state index contributed by atoms with van der Waals surface area (Å²) in [5.74, 6) is -0.485. The number of carbonyl (C=O) groups is 1. The van der Waals surface area contributed by atoms with Crippen LogP contribution in [0.5, 0.6) is 0 Å². The number of esters is 1. The van der Waals surface area contributed by atoms with Gasteiger partial charge in [-0.1, -0.05) is 19.1 Å². The fourth-order valence-corrected chi connectivity index (χ4v) is 1.82. The van der Waals surface area contributed by atoms with Crippen LogP contribution in [0.4, 0.5) is 0 Å². The smallest absolute Gasteiger partial charge is 0.360 e. The molecule has 7 nitrogen and oxygen atoms in total. The molecular formula is C12H22N4O3. The van der Waals surface area contributed by atoms with Crippen LogP contribution in [0, 0.1) is 0 Å². The quantitative estimate of drug-likeness (QED) is 0.643. The van der Waals surface area contributed by atoms with Gasteiger partial charge in [0.05, 0.1) is 26.0 Å². The van der Waals surface area contributed by atoms with Crippen LogP contribution < -0.4 is 0 Å². The first kappa shape index (κ1) is 15.6. The molecule has 0 spiro atoms. The molecule has 0 aliphatic heterocycles. The van der Waals surface area contributed by atoms with Crippen molar-refractivity contribution in [2.45, 2.75) is 27.0 Å². The van der Waals surface area contributed by atoms with E-state index in [0.717, 1.165) is 19.6 Å².